The summed E-state index contributed by atoms with van der Waals surface area (Å²) in [5, 5.41) is 8.89. The van der Waals surface area contributed by atoms with E-state index in [1.54, 1.807) is 24.3 Å². The SMILES string of the molecule is Nc1ccc(SCc2cccc(C(=O)O)c2)c(F)c1. The van der Waals surface area contributed by atoms with E-state index < -0.39 is 5.97 Å². The zero-order valence-electron chi connectivity index (χ0n) is 9.97. The third-order valence-corrected chi connectivity index (χ3v) is 3.64. The van der Waals surface area contributed by atoms with Crippen molar-refractivity contribution in [3.05, 3.63) is 59.4 Å². The van der Waals surface area contributed by atoms with E-state index in [-0.39, 0.29) is 11.4 Å². The van der Waals surface area contributed by atoms with Crippen LogP contribution in [-0.4, -0.2) is 11.1 Å². The third-order valence-electron chi connectivity index (χ3n) is 2.52. The van der Waals surface area contributed by atoms with E-state index in [0.29, 0.717) is 16.3 Å². The summed E-state index contributed by atoms with van der Waals surface area (Å²) in [7, 11) is 0. The molecule has 2 aromatic rings. The lowest BCUT2D eigenvalue weighted by atomic mass is 10.1. The van der Waals surface area contributed by atoms with Gasteiger partial charge in [-0.1, -0.05) is 12.1 Å². The number of carbonyl (C=O) groups is 1. The molecule has 0 amide bonds. The lowest BCUT2D eigenvalue weighted by Gasteiger charge is -2.05. The van der Waals surface area contributed by atoms with Gasteiger partial charge in [-0.25, -0.2) is 9.18 Å². The Bertz CT molecular complexity index is 616. The molecular formula is C14H12FNO2S. The van der Waals surface area contributed by atoms with E-state index in [4.69, 9.17) is 10.8 Å². The first-order valence-corrected chi connectivity index (χ1v) is 6.55. The maximum Gasteiger partial charge on any atom is 0.335 e. The number of benzene rings is 2. The van der Waals surface area contributed by atoms with Crippen molar-refractivity contribution >= 4 is 23.4 Å². The van der Waals surface area contributed by atoms with Gasteiger partial charge in [-0.05, 0) is 35.9 Å². The number of rotatable bonds is 4. The first kappa shape index (κ1) is 13.4. The van der Waals surface area contributed by atoms with Crippen molar-refractivity contribution in [1.29, 1.82) is 0 Å². The summed E-state index contributed by atoms with van der Waals surface area (Å²) < 4.78 is 13.6. The van der Waals surface area contributed by atoms with Gasteiger partial charge in [0.1, 0.15) is 5.82 Å². The van der Waals surface area contributed by atoms with Crippen molar-refractivity contribution < 1.29 is 14.3 Å². The number of carboxylic acids is 1. The summed E-state index contributed by atoms with van der Waals surface area (Å²) in [4.78, 5) is 11.3. The lowest BCUT2D eigenvalue weighted by Crippen LogP contribution is -1.96. The molecule has 5 heteroatoms. The van der Waals surface area contributed by atoms with Crippen LogP contribution in [0.1, 0.15) is 15.9 Å². The molecule has 0 atom stereocenters. The van der Waals surface area contributed by atoms with Gasteiger partial charge < -0.3 is 10.8 Å². The number of carboxylic acid groups (broad SMARTS) is 1. The predicted molar refractivity (Wildman–Crippen MR) is 73.8 cm³/mol. The average Bonchev–Trinajstić information content (AvgIpc) is 2.38. The minimum Gasteiger partial charge on any atom is -0.478 e. The van der Waals surface area contributed by atoms with Crippen LogP contribution in [-0.2, 0) is 5.75 Å². The molecule has 3 N–H and O–H groups in total. The van der Waals surface area contributed by atoms with Gasteiger partial charge in [0.2, 0.25) is 0 Å². The molecule has 0 radical (unpaired) electrons. The molecule has 0 fully saturated rings. The number of nitrogens with two attached hydrogens (primary N) is 1. The monoisotopic (exact) mass is 277 g/mol. The zero-order chi connectivity index (χ0) is 13.8. The Kier molecular flexibility index (Phi) is 4.06. The molecule has 2 aromatic carbocycles. The predicted octanol–water partition coefficient (Wildman–Crippen LogP) is 3.40. The standard InChI is InChI=1S/C14H12FNO2S/c15-12-7-11(16)4-5-13(12)19-8-9-2-1-3-10(6-9)14(17)18/h1-7H,8,16H2,(H,17,18). The number of hydrogen-bond donors (Lipinski definition) is 2. The fourth-order valence-electron chi connectivity index (χ4n) is 1.59. The Morgan fingerprint density at radius 3 is 2.74 bits per heavy atom. The van der Waals surface area contributed by atoms with Gasteiger partial charge in [0.25, 0.3) is 0 Å². The lowest BCUT2D eigenvalue weighted by molar-refractivity contribution is 0.0697. The fraction of sp³-hybridized carbons (Fsp3) is 0.0714. The second kappa shape index (κ2) is 5.75. The van der Waals surface area contributed by atoms with Crippen molar-refractivity contribution in [2.45, 2.75) is 10.6 Å². The van der Waals surface area contributed by atoms with E-state index >= 15 is 0 Å². The van der Waals surface area contributed by atoms with Crippen LogP contribution in [0.4, 0.5) is 10.1 Å². The van der Waals surface area contributed by atoms with Crippen molar-refractivity contribution in [3.8, 4) is 0 Å². The fourth-order valence-corrected chi connectivity index (χ4v) is 2.45. The van der Waals surface area contributed by atoms with Crippen LogP contribution in [0.2, 0.25) is 0 Å². The van der Waals surface area contributed by atoms with Gasteiger partial charge in [-0.2, -0.15) is 0 Å². The molecule has 2 rings (SSSR count). The van der Waals surface area contributed by atoms with Crippen LogP contribution in [0.25, 0.3) is 0 Å². The first-order valence-electron chi connectivity index (χ1n) is 5.56. The van der Waals surface area contributed by atoms with Crippen LogP contribution in [0.15, 0.2) is 47.4 Å². The van der Waals surface area contributed by atoms with Crippen LogP contribution < -0.4 is 5.73 Å². The van der Waals surface area contributed by atoms with Crippen molar-refractivity contribution in [3.63, 3.8) is 0 Å². The summed E-state index contributed by atoms with van der Waals surface area (Å²) in [6, 6.07) is 11.1. The first-order chi connectivity index (χ1) is 9.06. The molecule has 0 aromatic heterocycles. The van der Waals surface area contributed by atoms with E-state index in [2.05, 4.69) is 0 Å². The Morgan fingerprint density at radius 2 is 2.05 bits per heavy atom. The molecule has 0 aliphatic carbocycles. The van der Waals surface area contributed by atoms with Gasteiger partial charge in [0.05, 0.1) is 5.56 Å². The van der Waals surface area contributed by atoms with Crippen LogP contribution in [0.5, 0.6) is 0 Å². The van der Waals surface area contributed by atoms with Crippen molar-refractivity contribution in [2.24, 2.45) is 0 Å². The molecule has 0 aliphatic heterocycles. The normalized spacial score (nSPS) is 10.4. The average molecular weight is 277 g/mol. The van der Waals surface area contributed by atoms with E-state index in [0.717, 1.165) is 5.56 Å². The van der Waals surface area contributed by atoms with Crippen LogP contribution >= 0.6 is 11.8 Å². The topological polar surface area (TPSA) is 63.3 Å². The van der Waals surface area contributed by atoms with E-state index in [9.17, 15) is 9.18 Å². The van der Waals surface area contributed by atoms with Gasteiger partial charge in [-0.15, -0.1) is 11.8 Å². The molecular weight excluding hydrogens is 265 g/mol. The zero-order valence-corrected chi connectivity index (χ0v) is 10.8. The summed E-state index contributed by atoms with van der Waals surface area (Å²) in [5.74, 6) is -0.827. The summed E-state index contributed by atoms with van der Waals surface area (Å²) in [6.45, 7) is 0. The highest BCUT2D eigenvalue weighted by molar-refractivity contribution is 7.98. The summed E-state index contributed by atoms with van der Waals surface area (Å²) in [5.41, 5.74) is 6.92. The Balaban J connectivity index is 2.10. The molecule has 0 aliphatic rings. The minimum absolute atomic E-state index is 0.232. The molecule has 3 nitrogen and oxygen atoms in total. The number of aromatic carboxylic acids is 1. The molecule has 98 valence electrons. The Morgan fingerprint density at radius 1 is 1.26 bits per heavy atom. The highest BCUT2D eigenvalue weighted by atomic mass is 32.2. The highest BCUT2D eigenvalue weighted by Gasteiger charge is 2.06. The van der Waals surface area contributed by atoms with Gasteiger partial charge in [-0.3, -0.25) is 0 Å². The molecule has 19 heavy (non-hydrogen) atoms. The highest BCUT2D eigenvalue weighted by Crippen LogP contribution is 2.27. The number of nitrogen functional groups attached to an aromatic ring is 1. The van der Waals surface area contributed by atoms with E-state index in [1.807, 2.05) is 6.07 Å². The number of anilines is 1. The maximum absolute atomic E-state index is 13.6. The molecule has 0 spiro atoms. The van der Waals surface area contributed by atoms with Gasteiger partial charge in [0, 0.05) is 16.3 Å². The van der Waals surface area contributed by atoms with E-state index in [1.165, 1.54) is 23.9 Å². The largest absolute Gasteiger partial charge is 0.478 e. The molecule has 0 heterocycles. The Hall–Kier alpha value is -2.01. The van der Waals surface area contributed by atoms with Gasteiger partial charge in [0.15, 0.2) is 0 Å². The van der Waals surface area contributed by atoms with Crippen LogP contribution in [0.3, 0.4) is 0 Å². The third kappa shape index (κ3) is 3.48. The number of hydrogen-bond acceptors (Lipinski definition) is 3. The second-order valence-electron chi connectivity index (χ2n) is 3.98. The van der Waals surface area contributed by atoms with Crippen molar-refractivity contribution in [1.82, 2.24) is 0 Å². The molecule has 0 bridgehead atoms. The molecule has 0 saturated carbocycles. The molecule has 0 unspecified atom stereocenters. The quantitative estimate of drug-likeness (QED) is 0.664. The summed E-state index contributed by atoms with van der Waals surface area (Å²) >= 11 is 1.31. The number of thioether (sulfide) groups is 1. The smallest absolute Gasteiger partial charge is 0.335 e. The Labute approximate surface area is 114 Å². The summed E-state index contributed by atoms with van der Waals surface area (Å²) in [6.07, 6.45) is 0. The molecule has 0 saturated heterocycles. The maximum atomic E-state index is 13.6. The van der Waals surface area contributed by atoms with Crippen LogP contribution in [0, 0.1) is 5.82 Å². The van der Waals surface area contributed by atoms with Gasteiger partial charge >= 0.3 is 5.97 Å². The second-order valence-corrected chi connectivity index (χ2v) is 5.00. The van der Waals surface area contributed by atoms with Crippen molar-refractivity contribution in [2.75, 3.05) is 5.73 Å². The minimum atomic E-state index is -0.967. The number of halogens is 1.